The van der Waals surface area contributed by atoms with Crippen LogP contribution in [0, 0.1) is 0 Å². The Morgan fingerprint density at radius 1 is 0.889 bits per heavy atom. The van der Waals surface area contributed by atoms with Crippen molar-refractivity contribution in [2.24, 2.45) is 0 Å². The van der Waals surface area contributed by atoms with Gasteiger partial charge in [-0.15, -0.1) is 0 Å². The lowest BCUT2D eigenvalue weighted by molar-refractivity contribution is 0.0106. The molecule has 0 amide bonds. The molecule has 1 fully saturated rings. The van der Waals surface area contributed by atoms with E-state index in [0.29, 0.717) is 12.5 Å². The molecule has 1 heterocycles. The van der Waals surface area contributed by atoms with Crippen molar-refractivity contribution >= 4 is 15.9 Å². The van der Waals surface area contributed by atoms with E-state index >= 15 is 0 Å². The second-order valence-electron chi connectivity index (χ2n) is 7.07. The summed E-state index contributed by atoms with van der Waals surface area (Å²) in [5.74, 6) is 0.422. The number of benzene rings is 3. The lowest BCUT2D eigenvalue weighted by Gasteiger charge is -2.33. The van der Waals surface area contributed by atoms with E-state index < -0.39 is 0 Å². The van der Waals surface area contributed by atoms with Crippen molar-refractivity contribution < 1.29 is 4.74 Å². The summed E-state index contributed by atoms with van der Waals surface area (Å²) in [6.45, 7) is 2.59. The Bertz CT molecular complexity index is 863. The first-order chi connectivity index (χ1) is 13.3. The molecule has 0 aromatic heterocycles. The van der Waals surface area contributed by atoms with Gasteiger partial charge in [0.1, 0.15) is 0 Å². The van der Waals surface area contributed by atoms with Crippen LogP contribution in [-0.2, 0) is 11.3 Å². The van der Waals surface area contributed by atoms with Crippen LogP contribution >= 0.6 is 15.9 Å². The lowest BCUT2D eigenvalue weighted by atomic mass is 9.86. The summed E-state index contributed by atoms with van der Waals surface area (Å²) in [6, 6.07) is 27.9. The van der Waals surface area contributed by atoms with Crippen LogP contribution in [0.5, 0.6) is 0 Å². The van der Waals surface area contributed by atoms with Gasteiger partial charge in [0.15, 0.2) is 0 Å². The van der Waals surface area contributed by atoms with Crippen LogP contribution in [0.2, 0.25) is 0 Å². The molecule has 3 heteroatoms. The molecule has 0 bridgehead atoms. The van der Waals surface area contributed by atoms with E-state index in [1.807, 2.05) is 0 Å². The molecule has 0 unspecified atom stereocenters. The van der Waals surface area contributed by atoms with Crippen molar-refractivity contribution in [3.63, 3.8) is 0 Å². The highest BCUT2D eigenvalue weighted by atomic mass is 79.9. The number of rotatable bonds is 5. The molecule has 0 aliphatic carbocycles. The maximum Gasteiger partial charge on any atom is 0.0772 e. The van der Waals surface area contributed by atoms with Gasteiger partial charge in [-0.05, 0) is 47.4 Å². The number of hydrogen-bond donors (Lipinski definition) is 1. The van der Waals surface area contributed by atoms with E-state index in [-0.39, 0.29) is 6.10 Å². The normalized spacial score (nSPS) is 19.7. The van der Waals surface area contributed by atoms with E-state index in [2.05, 4.69) is 100 Å². The van der Waals surface area contributed by atoms with E-state index in [0.717, 1.165) is 24.0 Å². The second-order valence-corrected chi connectivity index (χ2v) is 7.98. The quantitative estimate of drug-likeness (QED) is 0.563. The summed E-state index contributed by atoms with van der Waals surface area (Å²) < 4.78 is 7.44. The smallest absolute Gasteiger partial charge is 0.0772 e. The SMILES string of the molecule is Brc1ccc(CO[C@H]2CNCC[C@@H]2c2cccc(-c3ccccc3)c2)cc1. The van der Waals surface area contributed by atoms with Crippen molar-refractivity contribution in [1.29, 1.82) is 0 Å². The van der Waals surface area contributed by atoms with Gasteiger partial charge < -0.3 is 10.1 Å². The van der Waals surface area contributed by atoms with Crippen molar-refractivity contribution in [2.75, 3.05) is 13.1 Å². The first-order valence-electron chi connectivity index (χ1n) is 9.52. The van der Waals surface area contributed by atoms with Crippen LogP contribution in [0.25, 0.3) is 11.1 Å². The summed E-state index contributed by atoms with van der Waals surface area (Å²) >= 11 is 3.49. The first-order valence-corrected chi connectivity index (χ1v) is 10.3. The maximum atomic E-state index is 6.34. The third-order valence-electron chi connectivity index (χ3n) is 5.23. The van der Waals surface area contributed by atoms with Gasteiger partial charge in [0.2, 0.25) is 0 Å². The van der Waals surface area contributed by atoms with Crippen LogP contribution < -0.4 is 5.32 Å². The monoisotopic (exact) mass is 421 g/mol. The fraction of sp³-hybridized carbons (Fsp3) is 0.250. The molecular weight excluding hydrogens is 398 g/mol. The average molecular weight is 422 g/mol. The molecule has 2 nitrogen and oxygen atoms in total. The number of halogens is 1. The minimum Gasteiger partial charge on any atom is -0.372 e. The van der Waals surface area contributed by atoms with Gasteiger partial charge in [0, 0.05) is 16.9 Å². The second kappa shape index (κ2) is 8.83. The molecular formula is C24H24BrNO. The zero-order valence-corrected chi connectivity index (χ0v) is 16.9. The average Bonchev–Trinajstić information content (AvgIpc) is 2.74. The maximum absolute atomic E-state index is 6.34. The number of piperidine rings is 1. The van der Waals surface area contributed by atoms with Crippen LogP contribution in [-0.4, -0.2) is 19.2 Å². The van der Waals surface area contributed by atoms with Crippen LogP contribution in [0.4, 0.5) is 0 Å². The molecule has 138 valence electrons. The number of nitrogens with one attached hydrogen (secondary N) is 1. The predicted molar refractivity (Wildman–Crippen MR) is 115 cm³/mol. The van der Waals surface area contributed by atoms with Crippen LogP contribution in [0.3, 0.4) is 0 Å². The first kappa shape index (κ1) is 18.4. The third-order valence-corrected chi connectivity index (χ3v) is 5.75. The van der Waals surface area contributed by atoms with Crippen molar-refractivity contribution in [1.82, 2.24) is 5.32 Å². The molecule has 0 saturated carbocycles. The molecule has 3 aromatic rings. The van der Waals surface area contributed by atoms with Gasteiger partial charge in [0.05, 0.1) is 12.7 Å². The van der Waals surface area contributed by atoms with Gasteiger partial charge >= 0.3 is 0 Å². The summed E-state index contributed by atoms with van der Waals surface area (Å²) in [5.41, 5.74) is 5.12. The van der Waals surface area contributed by atoms with Gasteiger partial charge in [-0.2, -0.15) is 0 Å². The minimum absolute atomic E-state index is 0.188. The molecule has 1 saturated heterocycles. The summed E-state index contributed by atoms with van der Waals surface area (Å²) in [6.07, 6.45) is 1.29. The molecule has 3 aromatic carbocycles. The third kappa shape index (κ3) is 4.67. The molecule has 0 radical (unpaired) electrons. The molecule has 1 N–H and O–H groups in total. The minimum atomic E-state index is 0.188. The zero-order chi connectivity index (χ0) is 18.5. The van der Waals surface area contributed by atoms with Crippen molar-refractivity contribution in [2.45, 2.75) is 25.0 Å². The topological polar surface area (TPSA) is 21.3 Å². The molecule has 4 rings (SSSR count). The van der Waals surface area contributed by atoms with Gasteiger partial charge in [0.25, 0.3) is 0 Å². The molecule has 0 spiro atoms. The molecule has 27 heavy (non-hydrogen) atoms. The summed E-state index contributed by atoms with van der Waals surface area (Å²) in [7, 11) is 0. The summed E-state index contributed by atoms with van der Waals surface area (Å²) in [4.78, 5) is 0. The molecule has 2 atom stereocenters. The Morgan fingerprint density at radius 3 is 2.48 bits per heavy atom. The van der Waals surface area contributed by atoms with Gasteiger partial charge in [-0.25, -0.2) is 0 Å². The fourth-order valence-electron chi connectivity index (χ4n) is 3.75. The van der Waals surface area contributed by atoms with E-state index in [1.54, 1.807) is 0 Å². The Morgan fingerprint density at radius 2 is 1.67 bits per heavy atom. The van der Waals surface area contributed by atoms with E-state index in [1.165, 1.54) is 22.3 Å². The van der Waals surface area contributed by atoms with Crippen LogP contribution in [0.1, 0.15) is 23.5 Å². The lowest BCUT2D eigenvalue weighted by Crippen LogP contribution is -2.40. The molecule has 1 aliphatic rings. The Kier molecular flexibility index (Phi) is 6.03. The fourth-order valence-corrected chi connectivity index (χ4v) is 4.01. The zero-order valence-electron chi connectivity index (χ0n) is 15.3. The highest BCUT2D eigenvalue weighted by molar-refractivity contribution is 9.10. The molecule has 1 aliphatic heterocycles. The van der Waals surface area contributed by atoms with Crippen molar-refractivity contribution in [3.05, 3.63) is 94.5 Å². The number of hydrogen-bond acceptors (Lipinski definition) is 2. The highest BCUT2D eigenvalue weighted by Gasteiger charge is 2.27. The highest BCUT2D eigenvalue weighted by Crippen LogP contribution is 2.31. The predicted octanol–water partition coefficient (Wildman–Crippen LogP) is 5.78. The van der Waals surface area contributed by atoms with E-state index in [4.69, 9.17) is 4.74 Å². The largest absolute Gasteiger partial charge is 0.372 e. The van der Waals surface area contributed by atoms with Crippen LogP contribution in [0.15, 0.2) is 83.3 Å². The Hall–Kier alpha value is -1.94. The van der Waals surface area contributed by atoms with Gasteiger partial charge in [-0.1, -0.05) is 82.7 Å². The Labute approximate surface area is 169 Å². The standard InChI is InChI=1S/C24H24BrNO/c25-22-11-9-18(10-12-22)17-27-24-16-26-14-13-23(24)21-8-4-7-20(15-21)19-5-2-1-3-6-19/h1-12,15,23-24,26H,13-14,16-17H2/t23-,24+/m1/s1. The number of ether oxygens (including phenoxy) is 1. The summed E-state index contributed by atoms with van der Waals surface area (Å²) in [5, 5.41) is 3.49. The van der Waals surface area contributed by atoms with E-state index in [9.17, 15) is 0 Å². The van der Waals surface area contributed by atoms with Gasteiger partial charge in [-0.3, -0.25) is 0 Å². The Balaban J connectivity index is 1.51. The van der Waals surface area contributed by atoms with Crippen molar-refractivity contribution in [3.8, 4) is 11.1 Å².